The van der Waals surface area contributed by atoms with Crippen LogP contribution < -0.4 is 19.7 Å². The van der Waals surface area contributed by atoms with Crippen molar-refractivity contribution in [3.8, 4) is 35.4 Å². The van der Waals surface area contributed by atoms with Crippen molar-refractivity contribution in [2.75, 3.05) is 84.4 Å². The third-order valence-electron chi connectivity index (χ3n) is 11.3. The molecular formula is C41H45F3N6O7. The topological polar surface area (TPSA) is 130 Å². The average Bonchev–Trinajstić information content (AvgIpc) is 3.86. The van der Waals surface area contributed by atoms with Gasteiger partial charge in [0, 0.05) is 62.4 Å². The number of benzene rings is 2. The van der Waals surface area contributed by atoms with Crippen LogP contribution in [0.1, 0.15) is 37.7 Å². The number of piperazine rings is 1. The number of anilines is 1. The largest absolute Gasteiger partial charge is 0.513 e. The lowest BCUT2D eigenvalue weighted by Crippen LogP contribution is -2.51. The molecule has 4 aliphatic heterocycles. The van der Waals surface area contributed by atoms with Crippen LogP contribution in [0.2, 0.25) is 0 Å². The van der Waals surface area contributed by atoms with E-state index in [0.717, 1.165) is 32.2 Å². The van der Waals surface area contributed by atoms with Crippen LogP contribution in [0.5, 0.6) is 11.8 Å². The number of hydrogen-bond donors (Lipinski definition) is 1. The standard InChI is InChI=1S/C41H45F3N6O7/c1-3-30-33(43)8-5-25-17-29(57-40(51)55-16-15-54-14-13-53-12-11-52-2)18-31(34(25)30)36-35(44)37-32(20-45-36)38(49-22-27-6-7-28(23-49)46-27)48-39(47-37)56-24-41-9-4-10-50(41)21-26(42)19-41/h1,5,8,17-18,20,26-28,46H,4,6-7,9-16,19,21-24H2,2H3/t26-,27?,28?,41+/m1/s1. The predicted molar refractivity (Wildman–Crippen MR) is 204 cm³/mol. The van der Waals surface area contributed by atoms with Crippen molar-refractivity contribution in [2.45, 2.75) is 55.9 Å². The SMILES string of the molecule is C#Cc1c(F)ccc2cc(OC(=O)OCCOCCOCCOC)cc(-c3ncc4c(N5CC6CCC(C5)N6)nc(OC[C@@]56CCCN5C[C@H](F)C6)nc4c3F)c12. The van der Waals surface area contributed by atoms with Gasteiger partial charge in [-0.1, -0.05) is 12.0 Å². The van der Waals surface area contributed by atoms with Gasteiger partial charge in [-0.05, 0) is 55.8 Å². The van der Waals surface area contributed by atoms with Crippen molar-refractivity contribution in [3.05, 3.63) is 47.7 Å². The first kappa shape index (κ1) is 39.1. The van der Waals surface area contributed by atoms with E-state index in [1.165, 1.54) is 30.5 Å². The molecule has 0 amide bonds. The van der Waals surface area contributed by atoms with E-state index >= 15 is 8.78 Å². The molecular weight excluding hydrogens is 745 g/mol. The first-order chi connectivity index (χ1) is 27.7. The highest BCUT2D eigenvalue weighted by Gasteiger charge is 2.49. The van der Waals surface area contributed by atoms with Crippen molar-refractivity contribution < 1.29 is 46.4 Å². The zero-order chi connectivity index (χ0) is 39.5. The number of terminal acetylenes is 1. The third-order valence-corrected chi connectivity index (χ3v) is 11.3. The van der Waals surface area contributed by atoms with E-state index in [4.69, 9.17) is 39.8 Å². The summed E-state index contributed by atoms with van der Waals surface area (Å²) >= 11 is 0. The molecule has 16 heteroatoms. The Balaban J connectivity index is 1.12. The minimum absolute atomic E-state index is 0.0161. The Morgan fingerprint density at radius 2 is 1.81 bits per heavy atom. The summed E-state index contributed by atoms with van der Waals surface area (Å²) in [5, 5.41) is 4.54. The fourth-order valence-electron chi connectivity index (χ4n) is 8.71. The summed E-state index contributed by atoms with van der Waals surface area (Å²) in [5.41, 5.74) is -0.795. The summed E-state index contributed by atoms with van der Waals surface area (Å²) in [6.45, 7) is 4.16. The molecule has 0 spiro atoms. The minimum atomic E-state index is -1.03. The van der Waals surface area contributed by atoms with Crippen molar-refractivity contribution >= 4 is 33.6 Å². The molecule has 4 aliphatic rings. The van der Waals surface area contributed by atoms with E-state index in [-0.39, 0.29) is 71.4 Å². The smallest absolute Gasteiger partial charge is 0.461 e. The zero-order valence-electron chi connectivity index (χ0n) is 31.7. The Morgan fingerprint density at radius 1 is 1.04 bits per heavy atom. The number of ether oxygens (including phenoxy) is 6. The van der Waals surface area contributed by atoms with Gasteiger partial charge in [-0.15, -0.1) is 6.42 Å². The Morgan fingerprint density at radius 3 is 2.58 bits per heavy atom. The molecule has 2 bridgehead atoms. The molecule has 2 aromatic carbocycles. The Bertz CT molecular complexity index is 2160. The van der Waals surface area contributed by atoms with Gasteiger partial charge in [0.25, 0.3) is 0 Å². The van der Waals surface area contributed by atoms with E-state index in [0.29, 0.717) is 69.1 Å². The third kappa shape index (κ3) is 8.17. The monoisotopic (exact) mass is 790 g/mol. The van der Waals surface area contributed by atoms with Crippen LogP contribution in [0.3, 0.4) is 0 Å². The molecule has 6 heterocycles. The number of methoxy groups -OCH3 is 1. The van der Waals surface area contributed by atoms with Crippen LogP contribution in [0, 0.1) is 24.0 Å². The van der Waals surface area contributed by atoms with Gasteiger partial charge in [-0.25, -0.2) is 18.0 Å². The van der Waals surface area contributed by atoms with Crippen LogP contribution in [-0.4, -0.2) is 129 Å². The second-order valence-corrected chi connectivity index (χ2v) is 15.0. The number of carbonyl (C=O) groups excluding carboxylic acids is 1. The molecule has 0 aliphatic carbocycles. The molecule has 4 atom stereocenters. The van der Waals surface area contributed by atoms with Crippen molar-refractivity contribution in [3.63, 3.8) is 0 Å². The maximum Gasteiger partial charge on any atom is 0.513 e. The number of fused-ring (bicyclic) bond motifs is 5. The molecule has 2 aromatic heterocycles. The van der Waals surface area contributed by atoms with E-state index < -0.39 is 29.5 Å². The Hall–Kier alpha value is -4.79. The van der Waals surface area contributed by atoms with Gasteiger partial charge in [-0.3, -0.25) is 9.88 Å². The lowest BCUT2D eigenvalue weighted by Gasteiger charge is -2.34. The molecule has 8 rings (SSSR count). The summed E-state index contributed by atoms with van der Waals surface area (Å²) in [4.78, 5) is 31.0. The number of aromatic nitrogens is 3. The molecule has 0 saturated carbocycles. The van der Waals surface area contributed by atoms with Crippen LogP contribution in [0.15, 0.2) is 30.5 Å². The first-order valence-electron chi connectivity index (χ1n) is 19.4. The van der Waals surface area contributed by atoms with Gasteiger partial charge in [0.1, 0.15) is 48.0 Å². The van der Waals surface area contributed by atoms with Crippen molar-refractivity contribution in [1.29, 1.82) is 0 Å². The highest BCUT2D eigenvalue weighted by molar-refractivity contribution is 6.03. The van der Waals surface area contributed by atoms with E-state index in [9.17, 15) is 9.18 Å². The minimum Gasteiger partial charge on any atom is -0.461 e. The normalized spacial score (nSPS) is 22.9. The molecule has 4 fully saturated rings. The maximum atomic E-state index is 17.3. The number of hydrogen-bond acceptors (Lipinski definition) is 13. The molecule has 0 radical (unpaired) electrons. The second-order valence-electron chi connectivity index (χ2n) is 15.0. The van der Waals surface area contributed by atoms with Crippen LogP contribution in [0.4, 0.5) is 23.8 Å². The van der Waals surface area contributed by atoms with Crippen molar-refractivity contribution in [2.24, 2.45) is 0 Å². The summed E-state index contributed by atoms with van der Waals surface area (Å²) in [7, 11) is 1.58. The number of nitrogens with zero attached hydrogens (tertiary/aromatic N) is 5. The number of pyridine rings is 1. The highest BCUT2D eigenvalue weighted by atomic mass is 19.1. The maximum absolute atomic E-state index is 17.3. The summed E-state index contributed by atoms with van der Waals surface area (Å²) in [6.07, 6.45) is 9.40. The fourth-order valence-corrected chi connectivity index (χ4v) is 8.71. The Kier molecular flexibility index (Phi) is 11.6. The van der Waals surface area contributed by atoms with Crippen LogP contribution in [0.25, 0.3) is 32.9 Å². The summed E-state index contributed by atoms with van der Waals surface area (Å²) < 4.78 is 79.8. The summed E-state index contributed by atoms with van der Waals surface area (Å²) in [6, 6.07) is 5.95. The first-order valence-corrected chi connectivity index (χ1v) is 19.4. The second kappa shape index (κ2) is 17.0. The van der Waals surface area contributed by atoms with Crippen LogP contribution in [-0.2, 0) is 18.9 Å². The van der Waals surface area contributed by atoms with Gasteiger partial charge in [-0.2, -0.15) is 9.97 Å². The van der Waals surface area contributed by atoms with Gasteiger partial charge in [0.2, 0.25) is 0 Å². The van der Waals surface area contributed by atoms with E-state index in [1.54, 1.807) is 7.11 Å². The van der Waals surface area contributed by atoms with Crippen molar-refractivity contribution in [1.82, 2.24) is 25.2 Å². The number of rotatable bonds is 15. The van der Waals surface area contributed by atoms with Gasteiger partial charge < -0.3 is 38.6 Å². The zero-order valence-corrected chi connectivity index (χ0v) is 31.7. The van der Waals surface area contributed by atoms with E-state index in [1.807, 2.05) is 0 Å². The van der Waals surface area contributed by atoms with Crippen LogP contribution >= 0.6 is 0 Å². The lowest BCUT2D eigenvalue weighted by molar-refractivity contribution is 0.00863. The lowest BCUT2D eigenvalue weighted by atomic mass is 9.95. The molecule has 13 nitrogen and oxygen atoms in total. The molecule has 1 N–H and O–H groups in total. The number of carbonyl (C=O) groups is 1. The molecule has 4 aromatic rings. The molecule has 2 unspecified atom stereocenters. The van der Waals surface area contributed by atoms with Gasteiger partial charge in [0.15, 0.2) is 5.82 Å². The Labute approximate surface area is 328 Å². The molecule has 4 saturated heterocycles. The van der Waals surface area contributed by atoms with E-state index in [2.05, 4.69) is 31.0 Å². The highest BCUT2D eigenvalue weighted by Crippen LogP contribution is 2.42. The molecule has 302 valence electrons. The van der Waals surface area contributed by atoms with Gasteiger partial charge >= 0.3 is 12.2 Å². The predicted octanol–water partition coefficient (Wildman–Crippen LogP) is 5.20. The number of alkyl halides is 1. The molecule has 57 heavy (non-hydrogen) atoms. The number of nitrogens with one attached hydrogen (secondary N) is 1. The quantitative estimate of drug-likeness (QED) is 0.0735. The number of halogens is 3. The fraction of sp³-hybridized carbons (Fsp3) is 0.512. The average molecular weight is 791 g/mol. The van der Waals surface area contributed by atoms with Gasteiger partial charge in [0.05, 0.1) is 49.5 Å². The summed E-state index contributed by atoms with van der Waals surface area (Å²) in [5.74, 6) is 1.32.